The summed E-state index contributed by atoms with van der Waals surface area (Å²) >= 11 is 6.21. The largest absolute Gasteiger partial charge is 0.418 e. The van der Waals surface area contributed by atoms with Gasteiger partial charge in [-0.15, -0.1) is 10.2 Å². The van der Waals surface area contributed by atoms with Crippen LogP contribution in [0.2, 0.25) is 5.02 Å². The number of fused-ring (bicyclic) bond motifs is 3. The van der Waals surface area contributed by atoms with Gasteiger partial charge >= 0.3 is 6.18 Å². The minimum absolute atomic E-state index is 0.208. The maximum absolute atomic E-state index is 12.8. The highest BCUT2D eigenvalue weighted by molar-refractivity contribution is 6.31. The zero-order valence-electron chi connectivity index (χ0n) is 17.7. The molecule has 172 valence electrons. The molecule has 2 aromatic heterocycles. The summed E-state index contributed by atoms with van der Waals surface area (Å²) in [6.07, 6.45) is -5.65. The highest BCUT2D eigenvalue weighted by Crippen LogP contribution is 2.35. The SMILES string of the molecule is CN(c1cccc(-c2ccc(C(O)C(F)(F)F)cc2)c1)c1nc2nncn2c2cc(Cl)ccc12. The topological polar surface area (TPSA) is 66.5 Å². The van der Waals surface area contributed by atoms with Crippen LogP contribution in [0.5, 0.6) is 0 Å². The maximum atomic E-state index is 12.8. The molecule has 5 aromatic rings. The first-order valence-electron chi connectivity index (χ1n) is 10.2. The third-order valence-electron chi connectivity index (χ3n) is 5.62. The van der Waals surface area contributed by atoms with Crippen molar-refractivity contribution in [3.63, 3.8) is 0 Å². The summed E-state index contributed by atoms with van der Waals surface area (Å²) < 4.78 is 40.1. The number of aromatic nitrogens is 4. The third-order valence-corrected chi connectivity index (χ3v) is 5.85. The van der Waals surface area contributed by atoms with Gasteiger partial charge in [0.25, 0.3) is 5.78 Å². The van der Waals surface area contributed by atoms with Crippen molar-refractivity contribution in [3.8, 4) is 11.1 Å². The standard InChI is InChI=1S/C24H17ClF3N5O/c1-32(22-19-10-9-17(25)12-20(19)33-13-29-31-23(33)30-22)18-4-2-3-16(11-18)14-5-7-15(8-6-14)21(34)24(26,27)28/h2-13,21,34H,1H3. The minimum Gasteiger partial charge on any atom is -0.379 e. The number of halogens is 4. The molecule has 34 heavy (non-hydrogen) atoms. The van der Waals surface area contributed by atoms with Gasteiger partial charge in [-0.25, -0.2) is 0 Å². The van der Waals surface area contributed by atoms with Crippen molar-refractivity contribution in [2.24, 2.45) is 0 Å². The number of benzene rings is 3. The molecule has 1 unspecified atom stereocenters. The van der Waals surface area contributed by atoms with Crippen LogP contribution in [-0.2, 0) is 0 Å². The lowest BCUT2D eigenvalue weighted by atomic mass is 10.0. The van der Waals surface area contributed by atoms with Crippen LogP contribution in [0.1, 0.15) is 11.7 Å². The molecule has 0 fully saturated rings. The van der Waals surface area contributed by atoms with Gasteiger partial charge < -0.3 is 10.0 Å². The van der Waals surface area contributed by atoms with Gasteiger partial charge in [-0.05, 0) is 47.0 Å². The fraction of sp³-hybridized carbons (Fsp3) is 0.125. The molecule has 0 radical (unpaired) electrons. The van der Waals surface area contributed by atoms with Crippen LogP contribution in [0, 0.1) is 0 Å². The normalized spacial score (nSPS) is 12.9. The molecular weight excluding hydrogens is 467 g/mol. The Morgan fingerprint density at radius 1 is 1.00 bits per heavy atom. The minimum atomic E-state index is -4.71. The van der Waals surface area contributed by atoms with Gasteiger partial charge in [0, 0.05) is 23.1 Å². The average Bonchev–Trinajstić information content (AvgIpc) is 3.31. The molecule has 0 aliphatic rings. The molecule has 1 atom stereocenters. The Balaban J connectivity index is 1.53. The summed E-state index contributed by atoms with van der Waals surface area (Å²) in [6, 6.07) is 18.7. The molecule has 2 heterocycles. The number of aliphatic hydroxyl groups is 1. The van der Waals surface area contributed by atoms with E-state index in [9.17, 15) is 18.3 Å². The van der Waals surface area contributed by atoms with E-state index in [0.717, 1.165) is 22.2 Å². The summed E-state index contributed by atoms with van der Waals surface area (Å²) in [5, 5.41) is 18.9. The van der Waals surface area contributed by atoms with Crippen LogP contribution in [0.15, 0.2) is 73.1 Å². The van der Waals surface area contributed by atoms with Crippen LogP contribution >= 0.6 is 11.6 Å². The number of anilines is 2. The maximum Gasteiger partial charge on any atom is 0.418 e. The molecule has 0 bridgehead atoms. The number of alkyl halides is 3. The summed E-state index contributed by atoms with van der Waals surface area (Å²) in [5.74, 6) is 1.07. The van der Waals surface area contributed by atoms with Gasteiger partial charge in [-0.1, -0.05) is 48.0 Å². The van der Waals surface area contributed by atoms with Crippen molar-refractivity contribution in [2.45, 2.75) is 12.3 Å². The highest BCUT2D eigenvalue weighted by Gasteiger charge is 2.39. The van der Waals surface area contributed by atoms with E-state index >= 15 is 0 Å². The Kier molecular flexibility index (Phi) is 5.38. The second-order valence-corrected chi connectivity index (χ2v) is 8.21. The van der Waals surface area contributed by atoms with E-state index in [-0.39, 0.29) is 5.56 Å². The fourth-order valence-corrected chi connectivity index (χ4v) is 4.01. The second-order valence-electron chi connectivity index (χ2n) is 7.77. The van der Waals surface area contributed by atoms with Crippen molar-refractivity contribution in [1.29, 1.82) is 0 Å². The zero-order chi connectivity index (χ0) is 24.0. The van der Waals surface area contributed by atoms with Crippen LogP contribution in [0.25, 0.3) is 27.8 Å². The van der Waals surface area contributed by atoms with E-state index in [1.54, 1.807) is 28.9 Å². The first kappa shape index (κ1) is 22.1. The van der Waals surface area contributed by atoms with Gasteiger partial charge in [0.15, 0.2) is 6.10 Å². The van der Waals surface area contributed by atoms with Crippen molar-refractivity contribution in [1.82, 2.24) is 19.6 Å². The molecule has 0 saturated heterocycles. The average molecular weight is 484 g/mol. The van der Waals surface area contributed by atoms with E-state index in [4.69, 9.17) is 11.6 Å². The molecular formula is C24H17ClF3N5O. The Hall–Kier alpha value is -3.69. The molecule has 0 amide bonds. The first-order valence-corrected chi connectivity index (χ1v) is 10.6. The van der Waals surface area contributed by atoms with Gasteiger partial charge in [0.1, 0.15) is 12.1 Å². The van der Waals surface area contributed by atoms with E-state index in [2.05, 4.69) is 15.2 Å². The predicted molar refractivity (Wildman–Crippen MR) is 124 cm³/mol. The fourth-order valence-electron chi connectivity index (χ4n) is 3.84. The highest BCUT2D eigenvalue weighted by atomic mass is 35.5. The smallest absolute Gasteiger partial charge is 0.379 e. The monoisotopic (exact) mass is 483 g/mol. The number of hydrogen-bond donors (Lipinski definition) is 1. The van der Waals surface area contributed by atoms with E-state index in [1.165, 1.54) is 12.1 Å². The van der Waals surface area contributed by atoms with Crippen LogP contribution < -0.4 is 4.90 Å². The number of rotatable bonds is 4. The molecule has 5 rings (SSSR count). The van der Waals surface area contributed by atoms with Gasteiger partial charge in [-0.2, -0.15) is 18.2 Å². The lowest BCUT2D eigenvalue weighted by molar-refractivity contribution is -0.206. The van der Waals surface area contributed by atoms with Crippen molar-refractivity contribution in [2.75, 3.05) is 11.9 Å². The van der Waals surface area contributed by atoms with Crippen molar-refractivity contribution < 1.29 is 18.3 Å². The zero-order valence-corrected chi connectivity index (χ0v) is 18.5. The second kappa shape index (κ2) is 8.27. The molecule has 6 nitrogen and oxygen atoms in total. The summed E-state index contributed by atoms with van der Waals surface area (Å²) in [4.78, 5) is 6.56. The Labute approximate surface area is 196 Å². The quantitative estimate of drug-likeness (QED) is 0.341. The number of hydrogen-bond acceptors (Lipinski definition) is 5. The molecule has 1 N–H and O–H groups in total. The predicted octanol–water partition coefficient (Wildman–Crippen LogP) is 5.96. The molecule has 10 heteroatoms. The first-order chi connectivity index (χ1) is 16.2. The van der Waals surface area contributed by atoms with Gasteiger partial charge in [-0.3, -0.25) is 4.40 Å². The van der Waals surface area contributed by atoms with Gasteiger partial charge in [0.2, 0.25) is 0 Å². The van der Waals surface area contributed by atoms with Crippen LogP contribution in [0.3, 0.4) is 0 Å². The lowest BCUT2D eigenvalue weighted by Gasteiger charge is -2.21. The van der Waals surface area contributed by atoms with Crippen LogP contribution in [-0.4, -0.2) is 37.9 Å². The Morgan fingerprint density at radius 3 is 2.50 bits per heavy atom. The van der Waals surface area contributed by atoms with Crippen molar-refractivity contribution in [3.05, 3.63) is 83.6 Å². The van der Waals surface area contributed by atoms with Gasteiger partial charge in [0.05, 0.1) is 5.52 Å². The van der Waals surface area contributed by atoms with E-state index < -0.39 is 12.3 Å². The van der Waals surface area contributed by atoms with Crippen molar-refractivity contribution >= 4 is 39.8 Å². The summed E-state index contributed by atoms with van der Waals surface area (Å²) in [7, 11) is 1.87. The molecule has 0 spiro atoms. The summed E-state index contributed by atoms with van der Waals surface area (Å²) in [6.45, 7) is 0. The third kappa shape index (κ3) is 3.93. The lowest BCUT2D eigenvalue weighted by Crippen LogP contribution is -2.19. The summed E-state index contributed by atoms with van der Waals surface area (Å²) in [5.41, 5.74) is 2.92. The van der Waals surface area contributed by atoms with E-state index in [1.807, 2.05) is 48.3 Å². The molecule has 0 aliphatic heterocycles. The Bertz CT molecular complexity index is 1500. The Morgan fingerprint density at radius 2 is 1.76 bits per heavy atom. The van der Waals surface area contributed by atoms with E-state index in [0.29, 0.717) is 22.2 Å². The number of nitrogens with zero attached hydrogens (tertiary/aromatic N) is 5. The molecule has 0 saturated carbocycles. The molecule has 0 aliphatic carbocycles. The van der Waals surface area contributed by atoms with Crippen LogP contribution in [0.4, 0.5) is 24.7 Å². The molecule has 3 aromatic carbocycles. The number of aliphatic hydroxyl groups excluding tert-OH is 1.